The van der Waals surface area contributed by atoms with Gasteiger partial charge in [0, 0.05) is 26.2 Å². The first kappa shape index (κ1) is 18.8. The van der Waals surface area contributed by atoms with Crippen molar-refractivity contribution in [3.8, 4) is 0 Å². The van der Waals surface area contributed by atoms with Gasteiger partial charge in [0.15, 0.2) is 0 Å². The molecule has 1 aromatic carbocycles. The second kappa shape index (κ2) is 7.36. The van der Waals surface area contributed by atoms with Gasteiger partial charge in [-0.1, -0.05) is 25.1 Å². The molecule has 0 saturated carbocycles. The van der Waals surface area contributed by atoms with Crippen LogP contribution in [-0.2, 0) is 19.6 Å². The Labute approximate surface area is 153 Å². The summed E-state index contributed by atoms with van der Waals surface area (Å²) in [5.41, 5.74) is 0. The molecule has 0 bridgehead atoms. The van der Waals surface area contributed by atoms with Crippen molar-refractivity contribution in [2.45, 2.75) is 24.7 Å². The highest BCUT2D eigenvalue weighted by Crippen LogP contribution is 2.29. The fourth-order valence-corrected chi connectivity index (χ4v) is 5.38. The minimum Gasteiger partial charge on any atom is -0.481 e. The maximum absolute atomic E-state index is 12.8. The van der Waals surface area contributed by atoms with Crippen molar-refractivity contribution >= 4 is 21.9 Å². The first-order valence-corrected chi connectivity index (χ1v) is 10.3. The summed E-state index contributed by atoms with van der Waals surface area (Å²) in [4.78, 5) is 25.9. The molecule has 26 heavy (non-hydrogen) atoms. The molecule has 0 aromatic heterocycles. The summed E-state index contributed by atoms with van der Waals surface area (Å²) in [6.45, 7) is 3.00. The molecule has 2 aliphatic rings. The standard InChI is InChI=1S/C18H24N2O5S/c1-13-10-19(12-16(13)18(22)23)17(21)14-6-5-9-20(11-14)26(24,25)15-7-3-2-4-8-15/h2-4,7-8,13-14,16H,5-6,9-12H2,1H3,(H,22,23)/t13-,14?,16-/m1/s1. The third kappa shape index (κ3) is 3.61. The zero-order valence-corrected chi connectivity index (χ0v) is 15.6. The lowest BCUT2D eigenvalue weighted by Gasteiger charge is -2.33. The van der Waals surface area contributed by atoms with E-state index in [-0.39, 0.29) is 29.8 Å². The Balaban J connectivity index is 1.71. The van der Waals surface area contributed by atoms with Gasteiger partial charge in [-0.05, 0) is 30.9 Å². The third-order valence-electron chi connectivity index (χ3n) is 5.36. The van der Waals surface area contributed by atoms with Crippen LogP contribution in [0.3, 0.4) is 0 Å². The van der Waals surface area contributed by atoms with Gasteiger partial charge in [0.2, 0.25) is 15.9 Å². The lowest BCUT2D eigenvalue weighted by molar-refractivity contribution is -0.142. The summed E-state index contributed by atoms with van der Waals surface area (Å²) >= 11 is 0. The third-order valence-corrected chi connectivity index (χ3v) is 7.23. The highest BCUT2D eigenvalue weighted by molar-refractivity contribution is 7.89. The minimum atomic E-state index is -3.62. The van der Waals surface area contributed by atoms with Crippen LogP contribution in [0.5, 0.6) is 0 Å². The van der Waals surface area contributed by atoms with Crippen LogP contribution in [0, 0.1) is 17.8 Å². The molecule has 2 aliphatic heterocycles. The van der Waals surface area contributed by atoms with Crippen molar-refractivity contribution in [1.29, 1.82) is 0 Å². The molecular weight excluding hydrogens is 356 g/mol. The SMILES string of the molecule is C[C@@H]1CN(C(=O)C2CCCN(S(=O)(=O)c3ccccc3)C2)C[C@H]1C(=O)O. The van der Waals surface area contributed by atoms with Gasteiger partial charge in [-0.2, -0.15) is 4.31 Å². The van der Waals surface area contributed by atoms with Gasteiger partial charge >= 0.3 is 5.97 Å². The van der Waals surface area contributed by atoms with Crippen LogP contribution >= 0.6 is 0 Å². The Hall–Kier alpha value is -1.93. The summed E-state index contributed by atoms with van der Waals surface area (Å²) in [7, 11) is -3.62. The lowest BCUT2D eigenvalue weighted by Crippen LogP contribution is -2.46. The Bertz CT molecular complexity index is 780. The molecule has 1 amide bonds. The van der Waals surface area contributed by atoms with E-state index in [4.69, 9.17) is 0 Å². The van der Waals surface area contributed by atoms with Crippen molar-refractivity contribution < 1.29 is 23.1 Å². The van der Waals surface area contributed by atoms with E-state index >= 15 is 0 Å². The molecular formula is C18H24N2O5S. The molecule has 7 nitrogen and oxygen atoms in total. The lowest BCUT2D eigenvalue weighted by atomic mass is 9.98. The van der Waals surface area contributed by atoms with E-state index in [0.717, 1.165) is 0 Å². The molecule has 3 rings (SSSR count). The van der Waals surface area contributed by atoms with E-state index in [1.165, 1.54) is 4.31 Å². The number of rotatable bonds is 4. The minimum absolute atomic E-state index is 0.0933. The van der Waals surface area contributed by atoms with Crippen LogP contribution in [0.15, 0.2) is 35.2 Å². The van der Waals surface area contributed by atoms with E-state index in [0.29, 0.717) is 25.9 Å². The summed E-state index contributed by atoms with van der Waals surface area (Å²) in [6, 6.07) is 8.23. The van der Waals surface area contributed by atoms with Crippen LogP contribution in [0.4, 0.5) is 0 Å². The molecule has 2 saturated heterocycles. The van der Waals surface area contributed by atoms with Crippen molar-refractivity contribution in [3.63, 3.8) is 0 Å². The molecule has 1 unspecified atom stereocenters. The Kier molecular flexibility index (Phi) is 5.34. The van der Waals surface area contributed by atoms with Crippen LogP contribution in [0.1, 0.15) is 19.8 Å². The van der Waals surface area contributed by atoms with Crippen LogP contribution in [0.25, 0.3) is 0 Å². The van der Waals surface area contributed by atoms with Gasteiger partial charge in [-0.25, -0.2) is 8.42 Å². The molecule has 2 fully saturated rings. The number of hydrogen-bond acceptors (Lipinski definition) is 4. The number of carboxylic acids is 1. The highest BCUT2D eigenvalue weighted by Gasteiger charge is 2.41. The molecule has 8 heteroatoms. The Morgan fingerprint density at radius 3 is 2.42 bits per heavy atom. The summed E-state index contributed by atoms with van der Waals surface area (Å²) < 4.78 is 27.0. The van der Waals surface area contributed by atoms with Crippen molar-refractivity contribution in [2.24, 2.45) is 17.8 Å². The monoisotopic (exact) mass is 380 g/mol. The number of amides is 1. The number of nitrogens with zero attached hydrogens (tertiary/aromatic N) is 2. The first-order valence-electron chi connectivity index (χ1n) is 8.87. The molecule has 1 N–H and O–H groups in total. The predicted molar refractivity (Wildman–Crippen MR) is 94.8 cm³/mol. The zero-order chi connectivity index (χ0) is 18.9. The van der Waals surface area contributed by atoms with Crippen molar-refractivity contribution in [2.75, 3.05) is 26.2 Å². The fraction of sp³-hybridized carbons (Fsp3) is 0.556. The van der Waals surface area contributed by atoms with Crippen LogP contribution < -0.4 is 0 Å². The van der Waals surface area contributed by atoms with Gasteiger partial charge in [0.1, 0.15) is 0 Å². The zero-order valence-electron chi connectivity index (χ0n) is 14.7. The molecule has 0 radical (unpaired) electrons. The number of piperidine rings is 1. The Morgan fingerprint density at radius 1 is 1.12 bits per heavy atom. The second-order valence-corrected chi connectivity index (χ2v) is 9.12. The quantitative estimate of drug-likeness (QED) is 0.849. The largest absolute Gasteiger partial charge is 0.481 e. The number of hydrogen-bond donors (Lipinski definition) is 1. The van der Waals surface area contributed by atoms with E-state index < -0.39 is 27.8 Å². The normalized spacial score (nSPS) is 27.4. The first-order chi connectivity index (χ1) is 12.3. The molecule has 1 aromatic rings. The van der Waals surface area contributed by atoms with Gasteiger partial charge in [-0.3, -0.25) is 9.59 Å². The van der Waals surface area contributed by atoms with Gasteiger partial charge < -0.3 is 10.0 Å². The topological polar surface area (TPSA) is 95.0 Å². The van der Waals surface area contributed by atoms with Crippen molar-refractivity contribution in [3.05, 3.63) is 30.3 Å². The number of benzene rings is 1. The maximum atomic E-state index is 12.8. The van der Waals surface area contributed by atoms with Gasteiger partial charge in [0.25, 0.3) is 0 Å². The van der Waals surface area contributed by atoms with Crippen molar-refractivity contribution in [1.82, 2.24) is 9.21 Å². The highest BCUT2D eigenvalue weighted by atomic mass is 32.2. The molecule has 142 valence electrons. The Morgan fingerprint density at radius 2 is 1.81 bits per heavy atom. The average Bonchev–Trinajstić information content (AvgIpc) is 3.04. The average molecular weight is 380 g/mol. The summed E-state index contributed by atoms with van der Waals surface area (Å²) in [5, 5.41) is 9.24. The second-order valence-electron chi connectivity index (χ2n) is 7.18. The maximum Gasteiger partial charge on any atom is 0.308 e. The summed E-state index contributed by atoms with van der Waals surface area (Å²) in [5.74, 6) is -2.07. The number of aliphatic carboxylic acids is 1. The fourth-order valence-electron chi connectivity index (χ4n) is 3.83. The molecule has 0 spiro atoms. The van der Waals surface area contributed by atoms with E-state index in [1.807, 2.05) is 6.92 Å². The van der Waals surface area contributed by atoms with E-state index in [9.17, 15) is 23.1 Å². The molecule has 3 atom stereocenters. The molecule has 2 heterocycles. The van der Waals surface area contributed by atoms with E-state index in [2.05, 4.69) is 0 Å². The summed E-state index contributed by atoms with van der Waals surface area (Å²) in [6.07, 6.45) is 1.25. The number of carbonyl (C=O) groups is 2. The van der Waals surface area contributed by atoms with Crippen LogP contribution in [0.2, 0.25) is 0 Å². The van der Waals surface area contributed by atoms with E-state index in [1.54, 1.807) is 35.2 Å². The number of carboxylic acid groups (broad SMARTS) is 1. The number of carbonyl (C=O) groups excluding carboxylic acids is 1. The van der Waals surface area contributed by atoms with Gasteiger partial charge in [-0.15, -0.1) is 0 Å². The number of likely N-dealkylation sites (tertiary alicyclic amines) is 1. The predicted octanol–water partition coefficient (Wildman–Crippen LogP) is 1.27. The number of sulfonamides is 1. The van der Waals surface area contributed by atoms with Gasteiger partial charge in [0.05, 0.1) is 16.7 Å². The smallest absolute Gasteiger partial charge is 0.308 e. The van der Waals surface area contributed by atoms with Crippen LogP contribution in [-0.4, -0.2) is 60.8 Å². The molecule has 0 aliphatic carbocycles.